The molecule has 1 aliphatic rings. The Morgan fingerprint density at radius 2 is 1.91 bits per heavy atom. The summed E-state index contributed by atoms with van der Waals surface area (Å²) in [6.07, 6.45) is 1.08. The second-order valence-electron chi connectivity index (χ2n) is 7.87. The topological polar surface area (TPSA) is 123 Å². The van der Waals surface area contributed by atoms with Crippen LogP contribution in [0.3, 0.4) is 0 Å². The zero-order valence-electron chi connectivity index (χ0n) is 18.4. The third-order valence-electron chi connectivity index (χ3n) is 5.56. The van der Waals surface area contributed by atoms with Gasteiger partial charge in [0.1, 0.15) is 5.56 Å². The highest BCUT2D eigenvalue weighted by atomic mass is 32.1. The van der Waals surface area contributed by atoms with Crippen LogP contribution in [0.2, 0.25) is 0 Å². The zero-order valence-corrected chi connectivity index (χ0v) is 19.3. The molecule has 2 aromatic carbocycles. The number of carbonyl (C=O) groups is 3. The summed E-state index contributed by atoms with van der Waals surface area (Å²) in [4.78, 5) is 53.2. The average molecular weight is 479 g/mol. The van der Waals surface area contributed by atoms with Gasteiger partial charge in [-0.2, -0.15) is 0 Å². The first-order chi connectivity index (χ1) is 16.3. The van der Waals surface area contributed by atoms with Crippen LogP contribution in [0.1, 0.15) is 44.1 Å². The number of thiazole rings is 1. The van der Waals surface area contributed by atoms with Crippen LogP contribution in [0.4, 0.5) is 5.69 Å². The van der Waals surface area contributed by atoms with Gasteiger partial charge in [0.05, 0.1) is 21.2 Å². The molecule has 10 heteroatoms. The molecule has 9 nitrogen and oxygen atoms in total. The van der Waals surface area contributed by atoms with E-state index in [1.54, 1.807) is 11.3 Å². The maximum atomic E-state index is 12.5. The molecule has 0 saturated heterocycles. The summed E-state index contributed by atoms with van der Waals surface area (Å²) in [5.74, 6) is -1.44. The van der Waals surface area contributed by atoms with E-state index < -0.39 is 16.7 Å². The smallest absolute Gasteiger partial charge is 0.282 e. The lowest BCUT2D eigenvalue weighted by Crippen LogP contribution is -2.32. The van der Waals surface area contributed by atoms with Crippen molar-refractivity contribution < 1.29 is 19.3 Å². The molecule has 0 aliphatic carbocycles. The summed E-state index contributed by atoms with van der Waals surface area (Å²) < 4.78 is 0. The van der Waals surface area contributed by atoms with Gasteiger partial charge in [-0.25, -0.2) is 4.98 Å². The maximum Gasteiger partial charge on any atom is 0.282 e. The third kappa shape index (κ3) is 4.86. The number of hydrogen-bond acceptors (Lipinski definition) is 7. The van der Waals surface area contributed by atoms with Crippen molar-refractivity contribution in [2.24, 2.45) is 0 Å². The lowest BCUT2D eigenvalue weighted by Gasteiger charge is -2.13. The Morgan fingerprint density at radius 3 is 2.59 bits per heavy atom. The van der Waals surface area contributed by atoms with Crippen molar-refractivity contribution in [3.63, 3.8) is 0 Å². The van der Waals surface area contributed by atoms with Crippen LogP contribution in [0.5, 0.6) is 0 Å². The molecule has 1 aromatic heterocycles. The Bertz CT molecular complexity index is 1270. The normalized spacial score (nSPS) is 12.7. The predicted molar refractivity (Wildman–Crippen MR) is 127 cm³/mol. The van der Waals surface area contributed by atoms with Crippen molar-refractivity contribution in [2.45, 2.75) is 26.2 Å². The van der Waals surface area contributed by atoms with E-state index in [1.165, 1.54) is 18.2 Å². The van der Waals surface area contributed by atoms with Crippen LogP contribution in [0, 0.1) is 17.0 Å². The van der Waals surface area contributed by atoms with Crippen molar-refractivity contribution >= 4 is 34.7 Å². The Morgan fingerprint density at radius 1 is 1.15 bits per heavy atom. The maximum absolute atomic E-state index is 12.5. The van der Waals surface area contributed by atoms with Crippen molar-refractivity contribution in [3.05, 3.63) is 79.7 Å². The molecule has 3 aromatic rings. The summed E-state index contributed by atoms with van der Waals surface area (Å²) in [5, 5.41) is 17.1. The van der Waals surface area contributed by atoms with Gasteiger partial charge in [-0.15, -0.1) is 11.3 Å². The summed E-state index contributed by atoms with van der Waals surface area (Å²) in [7, 11) is 0. The van der Waals surface area contributed by atoms with Gasteiger partial charge in [0, 0.05) is 36.5 Å². The summed E-state index contributed by atoms with van der Waals surface area (Å²) in [6.45, 7) is 2.46. The molecule has 34 heavy (non-hydrogen) atoms. The number of benzene rings is 2. The molecular weight excluding hydrogens is 456 g/mol. The fraction of sp³-hybridized carbons (Fsp3) is 0.250. The van der Waals surface area contributed by atoms with Crippen LogP contribution in [0.25, 0.3) is 11.3 Å². The molecule has 1 aliphatic heterocycles. The zero-order chi connectivity index (χ0) is 24.2. The standard InChI is InChI=1S/C24H22N4O5S/c1-15-26-19(14-34-15)17-9-7-16(8-10-17)11-12-25-21(29)6-3-13-27-23(30)18-4-2-5-20(28(32)33)22(18)24(27)31/h2,4-5,7-10,14H,3,6,11-13H2,1H3,(H,25,29). The van der Waals surface area contributed by atoms with Crippen LogP contribution in [-0.4, -0.2) is 45.6 Å². The van der Waals surface area contributed by atoms with Gasteiger partial charge >= 0.3 is 0 Å². The van der Waals surface area contributed by atoms with E-state index in [2.05, 4.69) is 10.3 Å². The predicted octanol–water partition coefficient (Wildman–Crippen LogP) is 3.76. The molecule has 4 rings (SSSR count). The van der Waals surface area contributed by atoms with E-state index in [-0.39, 0.29) is 42.1 Å². The van der Waals surface area contributed by atoms with E-state index in [4.69, 9.17) is 0 Å². The highest BCUT2D eigenvalue weighted by Gasteiger charge is 2.40. The molecule has 2 heterocycles. The monoisotopic (exact) mass is 478 g/mol. The number of amides is 3. The van der Waals surface area contributed by atoms with E-state index in [9.17, 15) is 24.5 Å². The molecule has 0 saturated carbocycles. The van der Waals surface area contributed by atoms with E-state index in [0.29, 0.717) is 13.0 Å². The number of aromatic nitrogens is 1. The Balaban J connectivity index is 1.22. The fourth-order valence-electron chi connectivity index (χ4n) is 3.84. The van der Waals surface area contributed by atoms with Gasteiger partial charge in [-0.3, -0.25) is 29.4 Å². The van der Waals surface area contributed by atoms with E-state index in [1.807, 2.05) is 36.6 Å². The number of rotatable bonds is 9. The van der Waals surface area contributed by atoms with Gasteiger partial charge in [0.25, 0.3) is 17.5 Å². The minimum Gasteiger partial charge on any atom is -0.356 e. The van der Waals surface area contributed by atoms with E-state index in [0.717, 1.165) is 26.7 Å². The Hall–Kier alpha value is -3.92. The number of imide groups is 1. The molecule has 1 N–H and O–H groups in total. The lowest BCUT2D eigenvalue weighted by molar-refractivity contribution is -0.385. The molecule has 0 bridgehead atoms. The lowest BCUT2D eigenvalue weighted by atomic mass is 10.1. The highest BCUT2D eigenvalue weighted by molar-refractivity contribution is 7.09. The van der Waals surface area contributed by atoms with Crippen LogP contribution < -0.4 is 5.32 Å². The SMILES string of the molecule is Cc1nc(-c2ccc(CCNC(=O)CCCN3C(=O)c4cccc([N+](=O)[O-])c4C3=O)cc2)cs1. The number of carbonyl (C=O) groups excluding carboxylic acids is 3. The van der Waals surface area contributed by atoms with Crippen molar-refractivity contribution in [1.29, 1.82) is 0 Å². The summed E-state index contributed by atoms with van der Waals surface area (Å²) in [6, 6.07) is 12.0. The second kappa shape index (κ2) is 9.92. The van der Waals surface area contributed by atoms with Crippen molar-refractivity contribution in [3.8, 4) is 11.3 Å². The summed E-state index contributed by atoms with van der Waals surface area (Å²) in [5.41, 5.74) is 2.55. The fourth-order valence-corrected chi connectivity index (χ4v) is 4.46. The first-order valence-corrected chi connectivity index (χ1v) is 11.6. The molecular formula is C24H22N4O5S. The van der Waals surface area contributed by atoms with Gasteiger partial charge in [-0.1, -0.05) is 30.3 Å². The quantitative estimate of drug-likeness (QED) is 0.284. The highest BCUT2D eigenvalue weighted by Crippen LogP contribution is 2.30. The number of nitro benzene ring substituents is 1. The van der Waals surface area contributed by atoms with Gasteiger partial charge in [0.15, 0.2) is 0 Å². The minimum atomic E-state index is -0.691. The molecule has 0 radical (unpaired) electrons. The van der Waals surface area contributed by atoms with E-state index >= 15 is 0 Å². The second-order valence-corrected chi connectivity index (χ2v) is 8.93. The molecule has 174 valence electrons. The minimum absolute atomic E-state index is 0.0223. The number of fused-ring (bicyclic) bond motifs is 1. The van der Waals surface area contributed by atoms with Crippen molar-refractivity contribution in [2.75, 3.05) is 13.1 Å². The van der Waals surface area contributed by atoms with Gasteiger partial charge in [0.2, 0.25) is 5.91 Å². The largest absolute Gasteiger partial charge is 0.356 e. The number of hydrogen-bond donors (Lipinski definition) is 1. The van der Waals surface area contributed by atoms with Crippen LogP contribution in [-0.2, 0) is 11.2 Å². The first kappa shape index (κ1) is 23.2. The molecule has 3 amide bonds. The molecule has 0 atom stereocenters. The number of nitrogens with one attached hydrogen (secondary N) is 1. The number of nitro groups is 1. The van der Waals surface area contributed by atoms with Crippen LogP contribution >= 0.6 is 11.3 Å². The average Bonchev–Trinajstić information content (AvgIpc) is 3.36. The van der Waals surface area contributed by atoms with Gasteiger partial charge < -0.3 is 5.32 Å². The van der Waals surface area contributed by atoms with Crippen LogP contribution in [0.15, 0.2) is 47.8 Å². The van der Waals surface area contributed by atoms with Gasteiger partial charge in [-0.05, 0) is 31.4 Å². The number of aryl methyl sites for hydroxylation is 1. The molecule has 0 unspecified atom stereocenters. The summed E-state index contributed by atoms with van der Waals surface area (Å²) >= 11 is 1.61. The third-order valence-corrected chi connectivity index (χ3v) is 6.34. The molecule has 0 spiro atoms. The molecule has 0 fully saturated rings. The first-order valence-electron chi connectivity index (χ1n) is 10.8. The number of nitrogens with zero attached hydrogens (tertiary/aromatic N) is 3. The Labute approximate surface area is 199 Å². The van der Waals surface area contributed by atoms with Crippen molar-refractivity contribution in [1.82, 2.24) is 15.2 Å². The Kier molecular flexibility index (Phi) is 6.78.